The van der Waals surface area contributed by atoms with Crippen molar-refractivity contribution in [3.8, 4) is 0 Å². The van der Waals surface area contributed by atoms with Gasteiger partial charge in [0.1, 0.15) is 0 Å². The fourth-order valence-corrected chi connectivity index (χ4v) is 1.91. The summed E-state index contributed by atoms with van der Waals surface area (Å²) in [5, 5.41) is 2.72. The molecule has 1 N–H and O–H groups in total. The van der Waals surface area contributed by atoms with Gasteiger partial charge in [0.2, 0.25) is 11.8 Å². The van der Waals surface area contributed by atoms with E-state index >= 15 is 0 Å². The predicted octanol–water partition coefficient (Wildman–Crippen LogP) is -0.00910. The van der Waals surface area contributed by atoms with Crippen molar-refractivity contribution in [2.75, 3.05) is 19.6 Å². The number of hydrogen-bond donors (Lipinski definition) is 1. The SMILES string of the molecule is CC(C(=O)N1CCNC(=O)C1)C1CC1. The second-order valence-electron chi connectivity index (χ2n) is 4.24. The molecule has 2 fully saturated rings. The molecule has 1 aliphatic heterocycles. The third-order valence-electron chi connectivity index (χ3n) is 3.07. The fourth-order valence-electron chi connectivity index (χ4n) is 1.91. The molecule has 1 unspecified atom stereocenters. The second-order valence-corrected chi connectivity index (χ2v) is 4.24. The predicted molar refractivity (Wildman–Crippen MR) is 51.5 cm³/mol. The molecule has 2 amide bonds. The minimum Gasteiger partial charge on any atom is -0.353 e. The van der Waals surface area contributed by atoms with E-state index in [2.05, 4.69) is 5.32 Å². The van der Waals surface area contributed by atoms with E-state index in [1.165, 1.54) is 12.8 Å². The summed E-state index contributed by atoms with van der Waals surface area (Å²) in [5.74, 6) is 0.809. The van der Waals surface area contributed by atoms with Gasteiger partial charge in [-0.25, -0.2) is 0 Å². The van der Waals surface area contributed by atoms with E-state index in [1.807, 2.05) is 6.92 Å². The van der Waals surface area contributed by atoms with Gasteiger partial charge in [-0.3, -0.25) is 9.59 Å². The van der Waals surface area contributed by atoms with E-state index in [1.54, 1.807) is 4.90 Å². The Labute approximate surface area is 83.6 Å². The summed E-state index contributed by atoms with van der Waals surface area (Å²) >= 11 is 0. The van der Waals surface area contributed by atoms with E-state index in [4.69, 9.17) is 0 Å². The normalized spacial score (nSPS) is 24.4. The highest BCUT2D eigenvalue weighted by Gasteiger charge is 2.35. The Kier molecular flexibility index (Phi) is 2.44. The third-order valence-corrected chi connectivity index (χ3v) is 3.07. The van der Waals surface area contributed by atoms with Crippen molar-refractivity contribution in [1.82, 2.24) is 10.2 Å². The van der Waals surface area contributed by atoms with Crippen molar-refractivity contribution in [3.63, 3.8) is 0 Å². The fraction of sp³-hybridized carbons (Fsp3) is 0.800. The maximum absolute atomic E-state index is 11.9. The second kappa shape index (κ2) is 3.59. The molecule has 78 valence electrons. The molecule has 0 aromatic heterocycles. The van der Waals surface area contributed by atoms with E-state index in [9.17, 15) is 9.59 Å². The van der Waals surface area contributed by atoms with Crippen LogP contribution in [0.3, 0.4) is 0 Å². The number of amides is 2. The number of carbonyl (C=O) groups excluding carboxylic acids is 2. The average molecular weight is 196 g/mol. The molecule has 0 aromatic rings. The molecule has 0 spiro atoms. The molecule has 1 saturated heterocycles. The summed E-state index contributed by atoms with van der Waals surface area (Å²) in [5.41, 5.74) is 0. The van der Waals surface area contributed by atoms with Crippen molar-refractivity contribution >= 4 is 11.8 Å². The standard InChI is InChI=1S/C10H16N2O2/c1-7(8-2-3-8)10(14)12-5-4-11-9(13)6-12/h7-8H,2-6H2,1H3,(H,11,13). The van der Waals surface area contributed by atoms with Gasteiger partial charge in [0, 0.05) is 19.0 Å². The molecule has 1 saturated carbocycles. The molecule has 1 atom stereocenters. The lowest BCUT2D eigenvalue weighted by Crippen LogP contribution is -2.51. The van der Waals surface area contributed by atoms with Gasteiger partial charge >= 0.3 is 0 Å². The molecule has 2 rings (SSSR count). The summed E-state index contributed by atoms with van der Waals surface area (Å²) in [4.78, 5) is 24.6. The molecule has 0 bridgehead atoms. The molecule has 2 aliphatic rings. The topological polar surface area (TPSA) is 49.4 Å². The van der Waals surface area contributed by atoms with Crippen LogP contribution in [-0.2, 0) is 9.59 Å². The Morgan fingerprint density at radius 2 is 2.29 bits per heavy atom. The molecule has 4 nitrogen and oxygen atoms in total. The zero-order valence-corrected chi connectivity index (χ0v) is 8.45. The Balaban J connectivity index is 1.92. The average Bonchev–Trinajstić information content (AvgIpc) is 2.99. The summed E-state index contributed by atoms with van der Waals surface area (Å²) in [6, 6.07) is 0. The van der Waals surface area contributed by atoms with Gasteiger partial charge in [0.25, 0.3) is 0 Å². The Hall–Kier alpha value is -1.06. The summed E-state index contributed by atoms with van der Waals surface area (Å²) in [6.45, 7) is 3.49. The van der Waals surface area contributed by atoms with Crippen LogP contribution < -0.4 is 5.32 Å². The van der Waals surface area contributed by atoms with Crippen molar-refractivity contribution in [1.29, 1.82) is 0 Å². The molecular weight excluding hydrogens is 180 g/mol. The van der Waals surface area contributed by atoms with Crippen molar-refractivity contribution in [2.24, 2.45) is 11.8 Å². The highest BCUT2D eigenvalue weighted by Crippen LogP contribution is 2.37. The lowest BCUT2D eigenvalue weighted by atomic mass is 10.0. The largest absolute Gasteiger partial charge is 0.353 e. The van der Waals surface area contributed by atoms with Crippen LogP contribution in [0.25, 0.3) is 0 Å². The molecule has 0 radical (unpaired) electrons. The first-order chi connectivity index (χ1) is 6.68. The molecule has 14 heavy (non-hydrogen) atoms. The van der Waals surface area contributed by atoms with Crippen LogP contribution in [0, 0.1) is 11.8 Å². The number of carbonyl (C=O) groups is 2. The Bertz CT molecular complexity index is 261. The third kappa shape index (κ3) is 1.89. The molecule has 4 heteroatoms. The zero-order chi connectivity index (χ0) is 10.1. The van der Waals surface area contributed by atoms with E-state index in [0.29, 0.717) is 19.0 Å². The Morgan fingerprint density at radius 1 is 1.57 bits per heavy atom. The maximum Gasteiger partial charge on any atom is 0.239 e. The van der Waals surface area contributed by atoms with Crippen LogP contribution in [0.15, 0.2) is 0 Å². The first kappa shape index (κ1) is 9.49. The Morgan fingerprint density at radius 3 is 2.86 bits per heavy atom. The minimum absolute atomic E-state index is 0.0346. The van der Waals surface area contributed by atoms with Gasteiger partial charge in [-0.15, -0.1) is 0 Å². The van der Waals surface area contributed by atoms with Gasteiger partial charge in [0.05, 0.1) is 6.54 Å². The molecular formula is C10H16N2O2. The molecule has 1 heterocycles. The number of nitrogens with one attached hydrogen (secondary N) is 1. The van der Waals surface area contributed by atoms with Gasteiger partial charge in [-0.05, 0) is 18.8 Å². The van der Waals surface area contributed by atoms with Crippen LogP contribution in [-0.4, -0.2) is 36.3 Å². The summed E-state index contributed by atoms with van der Waals surface area (Å²) < 4.78 is 0. The highest BCUT2D eigenvalue weighted by molar-refractivity contribution is 5.87. The lowest BCUT2D eigenvalue weighted by molar-refractivity contribution is -0.141. The first-order valence-corrected chi connectivity index (χ1v) is 5.24. The maximum atomic E-state index is 11.9. The number of piperazine rings is 1. The van der Waals surface area contributed by atoms with Crippen molar-refractivity contribution in [2.45, 2.75) is 19.8 Å². The summed E-state index contributed by atoms with van der Waals surface area (Å²) in [7, 11) is 0. The number of rotatable bonds is 2. The van der Waals surface area contributed by atoms with Crippen molar-refractivity contribution in [3.05, 3.63) is 0 Å². The van der Waals surface area contributed by atoms with Crippen LogP contribution in [0.5, 0.6) is 0 Å². The number of nitrogens with zero attached hydrogens (tertiary/aromatic N) is 1. The van der Waals surface area contributed by atoms with E-state index in [-0.39, 0.29) is 24.3 Å². The van der Waals surface area contributed by atoms with E-state index in [0.717, 1.165) is 0 Å². The number of hydrogen-bond acceptors (Lipinski definition) is 2. The summed E-state index contributed by atoms with van der Waals surface area (Å²) in [6.07, 6.45) is 2.35. The van der Waals surface area contributed by atoms with Crippen LogP contribution in [0.4, 0.5) is 0 Å². The quantitative estimate of drug-likeness (QED) is 0.675. The van der Waals surface area contributed by atoms with E-state index < -0.39 is 0 Å². The van der Waals surface area contributed by atoms with Crippen molar-refractivity contribution < 1.29 is 9.59 Å². The monoisotopic (exact) mass is 196 g/mol. The lowest BCUT2D eigenvalue weighted by Gasteiger charge is -2.29. The van der Waals surface area contributed by atoms with Gasteiger partial charge in [-0.1, -0.05) is 6.92 Å². The van der Waals surface area contributed by atoms with Crippen LogP contribution >= 0.6 is 0 Å². The van der Waals surface area contributed by atoms with Crippen LogP contribution in [0.1, 0.15) is 19.8 Å². The minimum atomic E-state index is -0.0346. The van der Waals surface area contributed by atoms with Crippen LogP contribution in [0.2, 0.25) is 0 Å². The molecule has 0 aromatic carbocycles. The molecule has 1 aliphatic carbocycles. The zero-order valence-electron chi connectivity index (χ0n) is 8.45. The smallest absolute Gasteiger partial charge is 0.239 e. The highest BCUT2D eigenvalue weighted by atomic mass is 16.2. The van der Waals surface area contributed by atoms with Gasteiger partial charge < -0.3 is 10.2 Å². The first-order valence-electron chi connectivity index (χ1n) is 5.24. The van der Waals surface area contributed by atoms with Gasteiger partial charge in [-0.2, -0.15) is 0 Å². The van der Waals surface area contributed by atoms with Gasteiger partial charge in [0.15, 0.2) is 0 Å².